The average Bonchev–Trinajstić information content (AvgIpc) is 4.14. The van der Waals surface area contributed by atoms with Gasteiger partial charge in [-0.3, -0.25) is 9.59 Å². The van der Waals surface area contributed by atoms with E-state index in [1.54, 1.807) is 11.3 Å². The van der Waals surface area contributed by atoms with Crippen LogP contribution < -0.4 is 10.6 Å². The lowest BCUT2D eigenvalue weighted by atomic mass is 9.93. The minimum atomic E-state index is -0.697. The van der Waals surface area contributed by atoms with Gasteiger partial charge in [0, 0.05) is 28.7 Å². The Morgan fingerprint density at radius 1 is 0.726 bits per heavy atom. The predicted octanol–water partition coefficient (Wildman–Crippen LogP) is 8.09. The topological polar surface area (TPSA) is 175 Å². The fourth-order valence-corrected chi connectivity index (χ4v) is 12.0. The van der Waals surface area contributed by atoms with Gasteiger partial charge >= 0.3 is 12.2 Å². The number of piperidine rings is 2. The number of thiophene rings is 1. The van der Waals surface area contributed by atoms with Crippen molar-refractivity contribution in [3.05, 3.63) is 71.4 Å². The molecule has 2 aliphatic carbocycles. The van der Waals surface area contributed by atoms with E-state index >= 15 is 0 Å². The number of amides is 4. The van der Waals surface area contributed by atoms with Crippen LogP contribution in [0.3, 0.4) is 0 Å². The van der Waals surface area contributed by atoms with E-state index < -0.39 is 35.3 Å². The lowest BCUT2D eigenvalue weighted by Crippen LogP contribution is -2.56. The van der Waals surface area contributed by atoms with E-state index in [0.29, 0.717) is 24.9 Å². The number of fused-ring (bicyclic) bond motifs is 5. The number of likely N-dealkylation sites (tertiary alicyclic amines) is 2. The van der Waals surface area contributed by atoms with Crippen molar-refractivity contribution in [1.29, 1.82) is 0 Å². The molecule has 6 atom stereocenters. The maximum atomic E-state index is 14.1. The Labute approximate surface area is 365 Å². The number of nitrogens with one attached hydrogen (secondary N) is 4. The van der Waals surface area contributed by atoms with Crippen LogP contribution in [0.5, 0.6) is 0 Å². The number of hydrogen-bond acceptors (Lipinski definition) is 9. The Balaban J connectivity index is 0.967. The summed E-state index contributed by atoms with van der Waals surface area (Å²) < 4.78 is 10.9. The zero-order valence-corrected chi connectivity index (χ0v) is 37.3. The summed E-state index contributed by atoms with van der Waals surface area (Å²) in [5.41, 5.74) is 6.17. The van der Waals surface area contributed by atoms with Crippen molar-refractivity contribution in [3.8, 4) is 33.6 Å². The van der Waals surface area contributed by atoms with Crippen molar-refractivity contribution in [2.75, 3.05) is 27.3 Å². The molecule has 2 aromatic carbocycles. The summed E-state index contributed by atoms with van der Waals surface area (Å²) in [6, 6.07) is 11.5. The predicted molar refractivity (Wildman–Crippen MR) is 237 cm³/mol. The fraction of sp³-hybridized carbons (Fsp3) is 0.489. The Kier molecular flexibility index (Phi) is 10.7. The number of carbonyl (C=O) groups is 4. The molecule has 2 aliphatic heterocycles. The summed E-state index contributed by atoms with van der Waals surface area (Å²) in [4.78, 5) is 73.6. The molecule has 1 unspecified atom stereocenters. The Morgan fingerprint density at radius 3 is 1.71 bits per heavy atom. The van der Waals surface area contributed by atoms with E-state index in [1.165, 1.54) is 25.2 Å². The first-order valence-corrected chi connectivity index (χ1v) is 22.7. The molecule has 326 valence electrons. The zero-order valence-electron chi connectivity index (χ0n) is 36.5. The summed E-state index contributed by atoms with van der Waals surface area (Å²) in [6.45, 7) is 11.2. The molecule has 5 aromatic rings. The van der Waals surface area contributed by atoms with Gasteiger partial charge in [-0.1, -0.05) is 64.1 Å². The molecule has 4 N–H and O–H groups in total. The van der Waals surface area contributed by atoms with Crippen LogP contribution in [0.15, 0.2) is 54.2 Å². The van der Waals surface area contributed by atoms with E-state index in [9.17, 15) is 19.2 Å². The number of ether oxygens (including phenoxy) is 2. The van der Waals surface area contributed by atoms with E-state index in [0.717, 1.165) is 88.5 Å². The molecule has 62 heavy (non-hydrogen) atoms. The van der Waals surface area contributed by atoms with Crippen molar-refractivity contribution < 1.29 is 28.7 Å². The molecule has 5 heterocycles. The van der Waals surface area contributed by atoms with Gasteiger partial charge < -0.3 is 39.9 Å². The third-order valence-electron chi connectivity index (χ3n) is 14.2. The molecule has 4 bridgehead atoms. The lowest BCUT2D eigenvalue weighted by molar-refractivity contribution is -0.141. The molecule has 2 saturated carbocycles. The summed E-state index contributed by atoms with van der Waals surface area (Å²) in [5.74, 6) is 1.92. The van der Waals surface area contributed by atoms with Crippen molar-refractivity contribution in [1.82, 2.24) is 40.4 Å². The minimum absolute atomic E-state index is 0.101. The van der Waals surface area contributed by atoms with Crippen LogP contribution in [0.1, 0.15) is 83.4 Å². The van der Waals surface area contributed by atoms with Gasteiger partial charge in [-0.25, -0.2) is 19.6 Å². The van der Waals surface area contributed by atoms with Gasteiger partial charge in [-0.05, 0) is 96.8 Å². The number of aromatic amines is 2. The summed E-state index contributed by atoms with van der Waals surface area (Å²) in [7, 11) is 2.62. The summed E-state index contributed by atoms with van der Waals surface area (Å²) in [5, 5.41) is 8.93. The van der Waals surface area contributed by atoms with Crippen molar-refractivity contribution in [2.45, 2.75) is 96.3 Å². The molecular weight excluding hydrogens is 805 g/mol. The van der Waals surface area contributed by atoms with Crippen LogP contribution in [0.25, 0.3) is 43.7 Å². The van der Waals surface area contributed by atoms with Gasteiger partial charge in [0.05, 0.1) is 38.0 Å². The quantitative estimate of drug-likeness (QED) is 0.103. The number of benzene rings is 2. The number of rotatable bonds is 11. The highest BCUT2D eigenvalue weighted by Gasteiger charge is 2.58. The van der Waals surface area contributed by atoms with Gasteiger partial charge in [0.25, 0.3) is 0 Å². The molecule has 2 saturated heterocycles. The molecule has 9 rings (SSSR count). The number of hydrogen-bond donors (Lipinski definition) is 4. The average molecular weight is 861 g/mol. The monoisotopic (exact) mass is 860 g/mol. The Hall–Kier alpha value is -5.70. The van der Waals surface area contributed by atoms with E-state index in [2.05, 4.69) is 69.3 Å². The summed E-state index contributed by atoms with van der Waals surface area (Å²) >= 11 is 1.72. The summed E-state index contributed by atoms with van der Waals surface area (Å²) in [6.07, 6.45) is 7.90. The van der Waals surface area contributed by atoms with Gasteiger partial charge in [0.1, 0.15) is 34.8 Å². The highest BCUT2D eigenvalue weighted by molar-refractivity contribution is 7.18. The highest BCUT2D eigenvalue weighted by atomic mass is 32.1. The molecule has 4 amide bonds. The molecular formula is C47H56N8O6S. The molecule has 0 radical (unpaired) electrons. The first kappa shape index (κ1) is 41.6. The van der Waals surface area contributed by atoms with E-state index in [-0.39, 0.29) is 23.7 Å². The van der Waals surface area contributed by atoms with Gasteiger partial charge in [-0.15, -0.1) is 11.3 Å². The van der Waals surface area contributed by atoms with Crippen LogP contribution in [0.4, 0.5) is 9.59 Å². The normalized spacial score (nSPS) is 23.7. The van der Waals surface area contributed by atoms with E-state index in [4.69, 9.17) is 19.4 Å². The van der Waals surface area contributed by atoms with Crippen molar-refractivity contribution >= 4 is 45.4 Å². The van der Waals surface area contributed by atoms with Crippen LogP contribution in [0.2, 0.25) is 0 Å². The first-order valence-electron chi connectivity index (χ1n) is 21.8. The zero-order chi connectivity index (χ0) is 43.7. The molecule has 4 fully saturated rings. The SMILES string of the molecule is COC(=O)N[C@H](C(=O)N1C[C@H]2CCC1(c1ncc(-c3ccc(-c4ccc(-c5cnc([C@]67CC[C@H](CN6C(=O)[C@@H](NC(=O)OC)C(C)C)C7)[nH]5)c5scc(C)c45)cc3)[nH]1)C2)C(C)C. The molecule has 4 aliphatic rings. The molecule has 14 nitrogen and oxygen atoms in total. The number of aromatic nitrogens is 4. The Bertz CT molecular complexity index is 2540. The number of carbonyl (C=O) groups excluding carboxylic acids is 4. The number of nitrogens with zero attached hydrogens (tertiary/aromatic N) is 4. The van der Waals surface area contributed by atoms with Crippen LogP contribution >= 0.6 is 11.3 Å². The van der Waals surface area contributed by atoms with Crippen LogP contribution in [-0.4, -0.2) is 93.1 Å². The second-order valence-corrected chi connectivity index (χ2v) is 19.4. The smallest absolute Gasteiger partial charge is 0.407 e. The number of imidazole rings is 2. The minimum Gasteiger partial charge on any atom is -0.453 e. The molecule has 15 heteroatoms. The number of aryl methyl sites for hydroxylation is 1. The van der Waals surface area contributed by atoms with Crippen molar-refractivity contribution in [2.24, 2.45) is 23.7 Å². The largest absolute Gasteiger partial charge is 0.453 e. The molecule has 3 aromatic heterocycles. The Morgan fingerprint density at radius 2 is 1.21 bits per heavy atom. The maximum absolute atomic E-state index is 14.1. The second kappa shape index (κ2) is 15.9. The van der Waals surface area contributed by atoms with Crippen LogP contribution in [-0.2, 0) is 30.1 Å². The van der Waals surface area contributed by atoms with E-state index in [1.807, 2.05) is 49.9 Å². The van der Waals surface area contributed by atoms with Crippen molar-refractivity contribution in [3.63, 3.8) is 0 Å². The third-order valence-corrected chi connectivity index (χ3v) is 15.3. The van der Waals surface area contributed by atoms with Gasteiger partial charge in [-0.2, -0.15) is 0 Å². The molecule has 0 spiro atoms. The lowest BCUT2D eigenvalue weighted by Gasteiger charge is -2.40. The fourth-order valence-electron chi connectivity index (χ4n) is 10.9. The maximum Gasteiger partial charge on any atom is 0.407 e. The second-order valence-electron chi connectivity index (χ2n) is 18.5. The number of methoxy groups -OCH3 is 2. The van der Waals surface area contributed by atoms with Crippen LogP contribution in [0, 0.1) is 30.6 Å². The third kappa shape index (κ3) is 6.83. The van der Waals surface area contributed by atoms with Gasteiger partial charge in [0.2, 0.25) is 11.8 Å². The standard InChI is InChI=1S/C47H56N8O6S/c1-25(2)37(52-44(58)60-6)40(56)54-22-28-14-16-46(54,18-28)42-48-20-34(50-42)31-10-8-30(9-11-31)32-12-13-33(39-36(32)27(5)24-62-39)35-21-49-43(51-35)47-17-15-29(19-47)23-55(47)41(57)38(26(3)4)53-45(59)61-7/h8-13,20-21,24-26,28-29,37-38H,14-19,22-23H2,1-7H3,(H,48,50)(H,49,51)(H,52,58)(H,53,59)/t28-,29-,37-,38-,46?,47+/m0/s1. The number of H-pyrrole nitrogens is 2. The highest BCUT2D eigenvalue weighted by Crippen LogP contribution is 2.54. The first-order chi connectivity index (χ1) is 29.8. The van der Waals surface area contributed by atoms with Gasteiger partial charge in [0.15, 0.2) is 0 Å². The number of alkyl carbamates (subject to hydrolysis) is 2.